The van der Waals surface area contributed by atoms with E-state index in [9.17, 15) is 4.79 Å². The normalized spacial score (nSPS) is 10.3. The lowest BCUT2D eigenvalue weighted by molar-refractivity contribution is 0.102. The Morgan fingerprint density at radius 2 is 1.74 bits per heavy atom. The number of nitrogens with two attached hydrogens (primary N) is 1. The van der Waals surface area contributed by atoms with Crippen LogP contribution in [0.3, 0.4) is 0 Å². The molecule has 3 nitrogen and oxygen atoms in total. The molecule has 2 aromatic carbocycles. The molecular formula is C14H12Cl2N2O. The topological polar surface area (TPSA) is 55.1 Å². The Labute approximate surface area is 121 Å². The van der Waals surface area contributed by atoms with Gasteiger partial charge < -0.3 is 11.1 Å². The molecule has 0 spiro atoms. The lowest BCUT2D eigenvalue weighted by atomic mass is 10.1. The van der Waals surface area contributed by atoms with E-state index >= 15 is 0 Å². The summed E-state index contributed by atoms with van der Waals surface area (Å²) in [7, 11) is 0. The van der Waals surface area contributed by atoms with Crippen LogP contribution in [0.2, 0.25) is 10.0 Å². The Morgan fingerprint density at radius 1 is 1.05 bits per heavy atom. The van der Waals surface area contributed by atoms with Crippen LogP contribution in [0.4, 0.5) is 5.69 Å². The first-order chi connectivity index (χ1) is 9.10. The first-order valence-electron chi connectivity index (χ1n) is 5.65. The lowest BCUT2D eigenvalue weighted by Gasteiger charge is -2.07. The van der Waals surface area contributed by atoms with E-state index in [1.54, 1.807) is 30.3 Å². The minimum absolute atomic E-state index is 0.207. The third kappa shape index (κ3) is 3.47. The fraction of sp³-hybridized carbons (Fsp3) is 0.0714. The largest absolute Gasteiger partial charge is 0.326 e. The van der Waals surface area contributed by atoms with Crippen LogP contribution in [0.15, 0.2) is 42.5 Å². The summed E-state index contributed by atoms with van der Waals surface area (Å²) < 4.78 is 0. The van der Waals surface area contributed by atoms with Crippen molar-refractivity contribution in [1.82, 2.24) is 0 Å². The first kappa shape index (κ1) is 13.9. The number of anilines is 1. The van der Waals surface area contributed by atoms with E-state index in [2.05, 4.69) is 5.32 Å². The molecule has 0 atom stereocenters. The van der Waals surface area contributed by atoms with Gasteiger partial charge in [0.25, 0.3) is 5.91 Å². The minimum Gasteiger partial charge on any atom is -0.326 e. The maximum Gasteiger partial charge on any atom is 0.255 e. The van der Waals surface area contributed by atoms with Crippen molar-refractivity contribution in [2.24, 2.45) is 5.73 Å². The molecule has 0 radical (unpaired) electrons. The summed E-state index contributed by atoms with van der Waals surface area (Å²) in [5, 5.41) is 3.60. The summed E-state index contributed by atoms with van der Waals surface area (Å²) in [6.45, 7) is 0.453. The second-order valence-electron chi connectivity index (χ2n) is 3.98. The summed E-state index contributed by atoms with van der Waals surface area (Å²) in [5.74, 6) is -0.207. The van der Waals surface area contributed by atoms with Gasteiger partial charge in [-0.2, -0.15) is 0 Å². The van der Waals surface area contributed by atoms with E-state index in [4.69, 9.17) is 28.9 Å². The fourth-order valence-electron chi connectivity index (χ4n) is 1.57. The molecule has 0 aliphatic rings. The van der Waals surface area contributed by atoms with Gasteiger partial charge in [0.05, 0.1) is 10.0 Å². The molecule has 0 unspecified atom stereocenters. The van der Waals surface area contributed by atoms with Crippen LogP contribution in [0, 0.1) is 0 Å². The van der Waals surface area contributed by atoms with Crippen LogP contribution in [0.5, 0.6) is 0 Å². The molecule has 2 aromatic rings. The number of amides is 1. The van der Waals surface area contributed by atoms with Crippen molar-refractivity contribution in [2.75, 3.05) is 5.32 Å². The molecule has 2 rings (SSSR count). The van der Waals surface area contributed by atoms with Gasteiger partial charge in [0.2, 0.25) is 0 Å². The second-order valence-corrected chi connectivity index (χ2v) is 4.80. The lowest BCUT2D eigenvalue weighted by Crippen LogP contribution is -2.12. The smallest absolute Gasteiger partial charge is 0.255 e. The zero-order valence-corrected chi connectivity index (χ0v) is 11.5. The van der Waals surface area contributed by atoms with E-state index in [0.717, 1.165) is 5.56 Å². The van der Waals surface area contributed by atoms with Gasteiger partial charge in [-0.3, -0.25) is 4.79 Å². The Bertz CT molecular complexity index is 597. The fourth-order valence-corrected chi connectivity index (χ4v) is 1.87. The maximum atomic E-state index is 12.0. The quantitative estimate of drug-likeness (QED) is 0.907. The van der Waals surface area contributed by atoms with Crippen molar-refractivity contribution >= 4 is 34.8 Å². The van der Waals surface area contributed by atoms with E-state index < -0.39 is 0 Å². The predicted octanol–water partition coefficient (Wildman–Crippen LogP) is 3.70. The monoisotopic (exact) mass is 294 g/mol. The highest BCUT2D eigenvalue weighted by molar-refractivity contribution is 6.42. The van der Waals surface area contributed by atoms with Crippen molar-refractivity contribution in [3.05, 3.63) is 63.6 Å². The molecular weight excluding hydrogens is 283 g/mol. The third-order valence-electron chi connectivity index (χ3n) is 2.63. The molecule has 0 fully saturated rings. The van der Waals surface area contributed by atoms with Crippen LogP contribution < -0.4 is 11.1 Å². The molecule has 0 aromatic heterocycles. The van der Waals surface area contributed by atoms with Crippen molar-refractivity contribution in [3.8, 4) is 0 Å². The molecule has 98 valence electrons. The van der Waals surface area contributed by atoms with Crippen LogP contribution >= 0.6 is 23.2 Å². The summed E-state index contributed by atoms with van der Waals surface area (Å²) >= 11 is 11.7. The van der Waals surface area contributed by atoms with E-state index in [0.29, 0.717) is 27.8 Å². The average molecular weight is 295 g/mol. The van der Waals surface area contributed by atoms with Crippen LogP contribution in [-0.2, 0) is 6.54 Å². The minimum atomic E-state index is -0.207. The molecule has 1 amide bonds. The van der Waals surface area contributed by atoms with Gasteiger partial charge in [0, 0.05) is 17.8 Å². The molecule has 0 heterocycles. The molecule has 3 N–H and O–H groups in total. The molecule has 19 heavy (non-hydrogen) atoms. The van der Waals surface area contributed by atoms with Gasteiger partial charge in [-0.05, 0) is 35.9 Å². The van der Waals surface area contributed by atoms with Gasteiger partial charge >= 0.3 is 0 Å². The van der Waals surface area contributed by atoms with Gasteiger partial charge in [-0.1, -0.05) is 35.3 Å². The number of carbonyl (C=O) groups excluding carboxylic acids is 1. The third-order valence-corrected chi connectivity index (χ3v) is 3.37. The Morgan fingerprint density at radius 3 is 2.32 bits per heavy atom. The van der Waals surface area contributed by atoms with Gasteiger partial charge in [-0.25, -0.2) is 0 Å². The first-order valence-corrected chi connectivity index (χ1v) is 6.41. The predicted molar refractivity (Wildman–Crippen MR) is 78.7 cm³/mol. The number of rotatable bonds is 3. The molecule has 0 aliphatic heterocycles. The van der Waals surface area contributed by atoms with Crippen molar-refractivity contribution in [1.29, 1.82) is 0 Å². The molecule has 0 aliphatic carbocycles. The number of benzene rings is 2. The van der Waals surface area contributed by atoms with Crippen molar-refractivity contribution in [3.63, 3.8) is 0 Å². The van der Waals surface area contributed by atoms with E-state index in [-0.39, 0.29) is 5.91 Å². The number of hydrogen-bond acceptors (Lipinski definition) is 2. The van der Waals surface area contributed by atoms with Crippen LogP contribution in [0.1, 0.15) is 15.9 Å². The Kier molecular flexibility index (Phi) is 4.43. The van der Waals surface area contributed by atoms with Crippen LogP contribution in [-0.4, -0.2) is 5.91 Å². The Balaban J connectivity index is 2.13. The number of carbonyl (C=O) groups is 1. The van der Waals surface area contributed by atoms with Crippen LogP contribution in [0.25, 0.3) is 0 Å². The highest BCUT2D eigenvalue weighted by Gasteiger charge is 2.07. The summed E-state index contributed by atoms with van der Waals surface area (Å²) in [6, 6.07) is 12.0. The second kappa shape index (κ2) is 6.06. The van der Waals surface area contributed by atoms with E-state index in [1.807, 2.05) is 12.1 Å². The summed E-state index contributed by atoms with van der Waals surface area (Å²) in [6.07, 6.45) is 0. The SMILES string of the molecule is NCc1ccc(C(=O)Nc2ccc(Cl)c(Cl)c2)cc1. The number of halogens is 2. The van der Waals surface area contributed by atoms with Crippen molar-refractivity contribution < 1.29 is 4.79 Å². The van der Waals surface area contributed by atoms with E-state index in [1.165, 1.54) is 0 Å². The molecule has 0 saturated heterocycles. The van der Waals surface area contributed by atoms with Gasteiger partial charge in [0.1, 0.15) is 0 Å². The highest BCUT2D eigenvalue weighted by Crippen LogP contribution is 2.25. The van der Waals surface area contributed by atoms with Gasteiger partial charge in [0.15, 0.2) is 0 Å². The summed E-state index contributed by atoms with van der Waals surface area (Å²) in [5.41, 5.74) is 7.64. The Hall–Kier alpha value is -1.55. The molecule has 0 bridgehead atoms. The van der Waals surface area contributed by atoms with Crippen molar-refractivity contribution in [2.45, 2.75) is 6.54 Å². The zero-order valence-electron chi connectivity index (χ0n) is 9.99. The number of hydrogen-bond donors (Lipinski definition) is 2. The molecule has 0 saturated carbocycles. The zero-order chi connectivity index (χ0) is 13.8. The highest BCUT2D eigenvalue weighted by atomic mass is 35.5. The van der Waals surface area contributed by atoms with Gasteiger partial charge in [-0.15, -0.1) is 0 Å². The average Bonchev–Trinajstić information content (AvgIpc) is 2.43. The summed E-state index contributed by atoms with van der Waals surface area (Å²) in [4.78, 5) is 12.0. The standard InChI is InChI=1S/C14H12Cl2N2O/c15-12-6-5-11(7-13(12)16)18-14(19)10-3-1-9(8-17)2-4-10/h1-7H,8,17H2,(H,18,19). The molecule has 5 heteroatoms. The maximum absolute atomic E-state index is 12.0. The number of nitrogens with one attached hydrogen (secondary N) is 1.